The SMILES string of the molecule is Cc1cn[nH]c1CN. The second kappa shape index (κ2) is 1.96. The lowest BCUT2D eigenvalue weighted by atomic mass is 10.3. The van der Waals surface area contributed by atoms with Crippen molar-refractivity contribution in [3.8, 4) is 0 Å². The highest BCUT2D eigenvalue weighted by Gasteiger charge is 1.93. The van der Waals surface area contributed by atoms with E-state index >= 15 is 0 Å². The summed E-state index contributed by atoms with van der Waals surface area (Å²) in [4.78, 5) is 0. The average Bonchev–Trinajstić information content (AvgIpc) is 2.14. The fourth-order valence-electron chi connectivity index (χ4n) is 0.580. The first kappa shape index (κ1) is 5.31. The van der Waals surface area contributed by atoms with E-state index in [-0.39, 0.29) is 0 Å². The molecule has 0 spiro atoms. The molecule has 3 nitrogen and oxygen atoms in total. The molecular formula is C5H9N3. The molecule has 0 aliphatic heterocycles. The zero-order valence-electron chi connectivity index (χ0n) is 4.81. The van der Waals surface area contributed by atoms with Gasteiger partial charge in [0.1, 0.15) is 0 Å². The molecule has 0 saturated carbocycles. The fourth-order valence-corrected chi connectivity index (χ4v) is 0.580. The van der Waals surface area contributed by atoms with Crippen molar-refractivity contribution in [1.82, 2.24) is 10.2 Å². The van der Waals surface area contributed by atoms with Gasteiger partial charge < -0.3 is 5.73 Å². The Kier molecular flexibility index (Phi) is 1.30. The van der Waals surface area contributed by atoms with Crippen molar-refractivity contribution in [2.75, 3.05) is 0 Å². The molecule has 0 aliphatic rings. The topological polar surface area (TPSA) is 54.7 Å². The lowest BCUT2D eigenvalue weighted by Gasteiger charge is -1.87. The minimum Gasteiger partial charge on any atom is -0.325 e. The fraction of sp³-hybridized carbons (Fsp3) is 0.400. The van der Waals surface area contributed by atoms with Gasteiger partial charge in [0.05, 0.1) is 11.9 Å². The zero-order chi connectivity index (χ0) is 5.98. The van der Waals surface area contributed by atoms with Gasteiger partial charge in [-0.3, -0.25) is 5.10 Å². The van der Waals surface area contributed by atoms with Crippen molar-refractivity contribution in [3.63, 3.8) is 0 Å². The molecule has 0 bridgehead atoms. The third-order valence-corrected chi connectivity index (χ3v) is 1.14. The molecule has 0 aromatic carbocycles. The Bertz CT molecular complexity index is 168. The lowest BCUT2D eigenvalue weighted by molar-refractivity contribution is 0.941. The van der Waals surface area contributed by atoms with Crippen LogP contribution < -0.4 is 5.73 Å². The summed E-state index contributed by atoms with van der Waals surface area (Å²) in [6.07, 6.45) is 1.77. The monoisotopic (exact) mass is 111 g/mol. The molecular weight excluding hydrogens is 102 g/mol. The molecule has 0 unspecified atom stereocenters. The van der Waals surface area contributed by atoms with E-state index in [0.29, 0.717) is 6.54 Å². The Morgan fingerprint density at radius 2 is 2.62 bits per heavy atom. The van der Waals surface area contributed by atoms with Crippen molar-refractivity contribution in [1.29, 1.82) is 0 Å². The summed E-state index contributed by atoms with van der Waals surface area (Å²) in [6.45, 7) is 2.53. The summed E-state index contributed by atoms with van der Waals surface area (Å²) in [7, 11) is 0. The molecule has 1 aromatic heterocycles. The molecule has 1 heterocycles. The summed E-state index contributed by atoms with van der Waals surface area (Å²) < 4.78 is 0. The number of nitrogens with one attached hydrogen (secondary N) is 1. The van der Waals surface area contributed by atoms with Crippen LogP contribution in [0.4, 0.5) is 0 Å². The number of nitrogens with two attached hydrogens (primary N) is 1. The molecule has 0 atom stereocenters. The number of aromatic amines is 1. The number of nitrogens with zero attached hydrogens (tertiary/aromatic N) is 1. The van der Waals surface area contributed by atoms with Crippen LogP contribution in [0.15, 0.2) is 6.20 Å². The Balaban J connectivity index is 2.92. The quantitative estimate of drug-likeness (QED) is 0.543. The third-order valence-electron chi connectivity index (χ3n) is 1.14. The van der Waals surface area contributed by atoms with Crippen molar-refractivity contribution in [2.45, 2.75) is 13.5 Å². The Morgan fingerprint density at radius 3 is 2.88 bits per heavy atom. The van der Waals surface area contributed by atoms with Crippen LogP contribution in [0.25, 0.3) is 0 Å². The number of H-pyrrole nitrogens is 1. The number of aryl methyl sites for hydroxylation is 1. The largest absolute Gasteiger partial charge is 0.325 e. The number of rotatable bonds is 1. The van der Waals surface area contributed by atoms with Crippen molar-refractivity contribution in [3.05, 3.63) is 17.5 Å². The number of aromatic nitrogens is 2. The number of hydrogen-bond donors (Lipinski definition) is 2. The molecule has 1 rings (SSSR count). The summed E-state index contributed by atoms with van der Waals surface area (Å²) in [5.41, 5.74) is 7.47. The van der Waals surface area contributed by atoms with Gasteiger partial charge in [-0.05, 0) is 12.5 Å². The van der Waals surface area contributed by atoms with Crippen LogP contribution in [0.3, 0.4) is 0 Å². The maximum Gasteiger partial charge on any atom is 0.0519 e. The average molecular weight is 111 g/mol. The normalized spacial score (nSPS) is 9.75. The maximum atomic E-state index is 5.32. The van der Waals surface area contributed by atoms with Gasteiger partial charge in [-0.25, -0.2) is 0 Å². The summed E-state index contributed by atoms with van der Waals surface area (Å²) in [5.74, 6) is 0. The molecule has 0 saturated heterocycles. The van der Waals surface area contributed by atoms with E-state index in [1.807, 2.05) is 6.92 Å². The van der Waals surface area contributed by atoms with Gasteiger partial charge in [-0.2, -0.15) is 5.10 Å². The maximum absolute atomic E-state index is 5.32. The van der Waals surface area contributed by atoms with Gasteiger partial charge in [0.15, 0.2) is 0 Å². The molecule has 0 amide bonds. The van der Waals surface area contributed by atoms with Gasteiger partial charge >= 0.3 is 0 Å². The Labute approximate surface area is 47.9 Å². The van der Waals surface area contributed by atoms with Crippen LogP contribution in [0.2, 0.25) is 0 Å². The summed E-state index contributed by atoms with van der Waals surface area (Å²) in [5, 5.41) is 6.57. The van der Waals surface area contributed by atoms with E-state index in [1.54, 1.807) is 6.20 Å². The Morgan fingerprint density at radius 1 is 1.88 bits per heavy atom. The lowest BCUT2D eigenvalue weighted by Crippen LogP contribution is -1.97. The smallest absolute Gasteiger partial charge is 0.0519 e. The standard InChI is InChI=1S/C5H9N3/c1-4-3-7-8-5(4)2-6/h3H,2,6H2,1H3,(H,7,8). The predicted molar refractivity (Wildman–Crippen MR) is 31.2 cm³/mol. The van der Waals surface area contributed by atoms with Crippen molar-refractivity contribution >= 4 is 0 Å². The van der Waals surface area contributed by atoms with E-state index in [4.69, 9.17) is 5.73 Å². The molecule has 0 aliphatic carbocycles. The van der Waals surface area contributed by atoms with Crippen molar-refractivity contribution in [2.24, 2.45) is 5.73 Å². The van der Waals surface area contributed by atoms with Crippen LogP contribution in [0, 0.1) is 6.92 Å². The summed E-state index contributed by atoms with van der Waals surface area (Å²) in [6, 6.07) is 0. The highest BCUT2D eigenvalue weighted by atomic mass is 15.1. The second-order valence-electron chi connectivity index (χ2n) is 1.74. The molecule has 44 valence electrons. The van der Waals surface area contributed by atoms with Gasteiger partial charge in [-0.1, -0.05) is 0 Å². The van der Waals surface area contributed by atoms with Gasteiger partial charge in [0.25, 0.3) is 0 Å². The van der Waals surface area contributed by atoms with Crippen LogP contribution in [-0.2, 0) is 6.54 Å². The van der Waals surface area contributed by atoms with E-state index < -0.39 is 0 Å². The van der Waals surface area contributed by atoms with E-state index in [1.165, 1.54) is 0 Å². The zero-order valence-corrected chi connectivity index (χ0v) is 4.81. The molecule has 3 heteroatoms. The first-order valence-corrected chi connectivity index (χ1v) is 2.53. The first-order chi connectivity index (χ1) is 3.84. The van der Waals surface area contributed by atoms with Gasteiger partial charge in [0, 0.05) is 6.54 Å². The van der Waals surface area contributed by atoms with Crippen LogP contribution >= 0.6 is 0 Å². The molecule has 3 N–H and O–H groups in total. The highest BCUT2D eigenvalue weighted by Crippen LogP contribution is 1.98. The van der Waals surface area contributed by atoms with Crippen LogP contribution in [-0.4, -0.2) is 10.2 Å². The third kappa shape index (κ3) is 0.721. The van der Waals surface area contributed by atoms with E-state index in [9.17, 15) is 0 Å². The van der Waals surface area contributed by atoms with E-state index in [0.717, 1.165) is 11.3 Å². The van der Waals surface area contributed by atoms with Gasteiger partial charge in [-0.15, -0.1) is 0 Å². The minimum atomic E-state index is 0.547. The predicted octanol–water partition coefficient (Wildman–Crippen LogP) is 0.177. The van der Waals surface area contributed by atoms with Gasteiger partial charge in [0.2, 0.25) is 0 Å². The molecule has 0 radical (unpaired) electrons. The second-order valence-corrected chi connectivity index (χ2v) is 1.74. The van der Waals surface area contributed by atoms with E-state index in [2.05, 4.69) is 10.2 Å². The molecule has 0 fully saturated rings. The minimum absolute atomic E-state index is 0.547. The number of hydrogen-bond acceptors (Lipinski definition) is 2. The molecule has 8 heavy (non-hydrogen) atoms. The van der Waals surface area contributed by atoms with Crippen LogP contribution in [0.5, 0.6) is 0 Å². The summed E-state index contributed by atoms with van der Waals surface area (Å²) >= 11 is 0. The first-order valence-electron chi connectivity index (χ1n) is 2.53. The molecule has 1 aromatic rings. The van der Waals surface area contributed by atoms with Crippen LogP contribution in [0.1, 0.15) is 11.3 Å². The Hall–Kier alpha value is -0.830. The highest BCUT2D eigenvalue weighted by molar-refractivity contribution is 5.12. The van der Waals surface area contributed by atoms with Crippen molar-refractivity contribution < 1.29 is 0 Å².